The summed E-state index contributed by atoms with van der Waals surface area (Å²) >= 11 is 23.1. The Balaban J connectivity index is 1.91. The van der Waals surface area contributed by atoms with Crippen LogP contribution in [0.5, 0.6) is 0 Å². The molecule has 0 saturated carbocycles. The Bertz CT molecular complexity index is 847. The van der Waals surface area contributed by atoms with Crippen molar-refractivity contribution in [1.29, 1.82) is 0 Å². The van der Waals surface area contributed by atoms with E-state index in [1.54, 1.807) is 36.4 Å². The van der Waals surface area contributed by atoms with Gasteiger partial charge in [-0.2, -0.15) is 4.68 Å². The van der Waals surface area contributed by atoms with Crippen LogP contribution in [0.4, 0.5) is 5.69 Å². The number of thiocarbonyl (C=S) groups is 1. The minimum Gasteiger partial charge on any atom is -0.331 e. The third-order valence-electron chi connectivity index (χ3n) is 2.77. The number of benzene rings is 2. The second-order valence-corrected chi connectivity index (χ2v) is 5.83. The summed E-state index contributed by atoms with van der Waals surface area (Å²) in [6.07, 6.45) is 0. The topological polar surface area (TPSA) is 42.7 Å². The molecule has 1 heterocycles. The zero-order chi connectivity index (χ0) is 15.0. The van der Waals surface area contributed by atoms with Crippen molar-refractivity contribution >= 4 is 68.9 Å². The minimum absolute atomic E-state index is 0.373. The van der Waals surface area contributed by atoms with Gasteiger partial charge in [-0.1, -0.05) is 40.0 Å². The van der Waals surface area contributed by atoms with Gasteiger partial charge < -0.3 is 5.32 Å². The number of rotatable bonds is 1. The predicted molar refractivity (Wildman–Crippen MR) is 90.6 cm³/mol. The first kappa shape index (κ1) is 14.5. The second kappa shape index (κ2) is 5.77. The molecule has 106 valence electrons. The number of nitrogens with one attached hydrogen (secondary N) is 1. The van der Waals surface area contributed by atoms with Crippen molar-refractivity contribution in [1.82, 2.24) is 15.0 Å². The van der Waals surface area contributed by atoms with Crippen LogP contribution in [0, 0.1) is 0 Å². The lowest BCUT2D eigenvalue weighted by atomic mass is 10.3. The molecule has 4 nitrogen and oxygen atoms in total. The molecule has 0 aliphatic heterocycles. The molecule has 8 heteroatoms. The van der Waals surface area contributed by atoms with Crippen LogP contribution in [0.2, 0.25) is 15.1 Å². The summed E-state index contributed by atoms with van der Waals surface area (Å²) in [6.45, 7) is 0. The first-order valence-electron chi connectivity index (χ1n) is 5.82. The van der Waals surface area contributed by atoms with Gasteiger partial charge in [-0.15, -0.1) is 5.10 Å². The lowest BCUT2D eigenvalue weighted by Crippen LogP contribution is -2.20. The quantitative estimate of drug-likeness (QED) is 0.644. The number of anilines is 1. The Hall–Kier alpha value is -1.40. The van der Waals surface area contributed by atoms with Gasteiger partial charge in [0.25, 0.3) is 0 Å². The van der Waals surface area contributed by atoms with Crippen LogP contribution >= 0.6 is 47.0 Å². The van der Waals surface area contributed by atoms with Gasteiger partial charge in [-0.3, -0.25) is 0 Å². The molecule has 0 unspecified atom stereocenters. The van der Waals surface area contributed by atoms with Crippen molar-refractivity contribution in [3.63, 3.8) is 0 Å². The first-order valence-corrected chi connectivity index (χ1v) is 7.36. The maximum atomic E-state index is 5.97. The molecule has 0 saturated heterocycles. The van der Waals surface area contributed by atoms with E-state index in [0.717, 1.165) is 5.52 Å². The molecule has 0 atom stereocenters. The van der Waals surface area contributed by atoms with Crippen LogP contribution < -0.4 is 5.32 Å². The van der Waals surface area contributed by atoms with Gasteiger partial charge in [0.15, 0.2) is 0 Å². The first-order chi connectivity index (χ1) is 10.0. The maximum absolute atomic E-state index is 5.97. The Morgan fingerprint density at radius 1 is 1.05 bits per heavy atom. The van der Waals surface area contributed by atoms with Crippen LogP contribution in [-0.4, -0.2) is 20.1 Å². The highest BCUT2D eigenvalue weighted by molar-refractivity contribution is 7.80. The van der Waals surface area contributed by atoms with Crippen LogP contribution in [0.3, 0.4) is 0 Å². The number of fused-ring (bicyclic) bond motifs is 1. The second-order valence-electron chi connectivity index (χ2n) is 4.19. The lowest BCUT2D eigenvalue weighted by Gasteiger charge is -2.08. The van der Waals surface area contributed by atoms with Gasteiger partial charge in [0.1, 0.15) is 5.52 Å². The molecule has 0 spiro atoms. The van der Waals surface area contributed by atoms with Crippen molar-refractivity contribution in [3.05, 3.63) is 51.5 Å². The molecular weight excluding hydrogens is 351 g/mol. The molecular formula is C13H7Cl3N4S. The minimum atomic E-state index is 0.373. The lowest BCUT2D eigenvalue weighted by molar-refractivity contribution is 0.870. The molecule has 0 amide bonds. The van der Waals surface area contributed by atoms with E-state index in [-0.39, 0.29) is 0 Å². The highest BCUT2D eigenvalue weighted by Crippen LogP contribution is 2.25. The molecule has 0 fully saturated rings. The normalized spacial score (nSPS) is 10.8. The zero-order valence-corrected chi connectivity index (χ0v) is 13.4. The number of nitrogens with zero attached hydrogens (tertiary/aromatic N) is 3. The van der Waals surface area contributed by atoms with E-state index in [9.17, 15) is 0 Å². The van der Waals surface area contributed by atoms with Crippen molar-refractivity contribution in [2.75, 3.05) is 5.32 Å². The van der Waals surface area contributed by atoms with Crippen LogP contribution in [0.1, 0.15) is 0 Å². The summed E-state index contributed by atoms with van der Waals surface area (Å²) in [4.78, 5) is 0. The fourth-order valence-corrected chi connectivity index (χ4v) is 2.51. The smallest absolute Gasteiger partial charge is 0.200 e. The van der Waals surface area contributed by atoms with Crippen molar-refractivity contribution in [2.45, 2.75) is 0 Å². The summed E-state index contributed by atoms with van der Waals surface area (Å²) < 4.78 is 1.52. The van der Waals surface area contributed by atoms with E-state index < -0.39 is 0 Å². The summed E-state index contributed by atoms with van der Waals surface area (Å²) in [6, 6.07) is 10.4. The number of aromatic nitrogens is 3. The predicted octanol–water partition coefficient (Wildman–Crippen LogP) is 4.64. The van der Waals surface area contributed by atoms with E-state index in [4.69, 9.17) is 47.0 Å². The van der Waals surface area contributed by atoms with Gasteiger partial charge in [-0.25, -0.2) is 0 Å². The highest BCUT2D eigenvalue weighted by atomic mass is 35.5. The molecule has 21 heavy (non-hydrogen) atoms. The van der Waals surface area contributed by atoms with Crippen molar-refractivity contribution in [2.24, 2.45) is 0 Å². The molecule has 3 aromatic rings. The molecule has 0 aliphatic carbocycles. The molecule has 0 aliphatic rings. The van der Waals surface area contributed by atoms with Crippen molar-refractivity contribution in [3.8, 4) is 0 Å². The van der Waals surface area contributed by atoms with Gasteiger partial charge in [0.05, 0.1) is 15.6 Å². The fraction of sp³-hybridized carbons (Fsp3) is 0. The molecule has 0 radical (unpaired) electrons. The summed E-state index contributed by atoms with van der Waals surface area (Å²) in [5.41, 5.74) is 2.14. The molecule has 1 aromatic heterocycles. The van der Waals surface area contributed by atoms with Gasteiger partial charge in [0, 0.05) is 10.7 Å². The van der Waals surface area contributed by atoms with E-state index in [1.165, 1.54) is 4.68 Å². The largest absolute Gasteiger partial charge is 0.331 e. The Labute approximate surface area is 140 Å². The average molecular weight is 358 g/mol. The summed E-state index contributed by atoms with van der Waals surface area (Å²) in [5.74, 6) is 0. The standard InChI is InChI=1S/C13H7Cl3N4S/c14-7-1-4-12-11(5-7)18-19-20(12)13(21)17-8-2-3-9(15)10(16)6-8/h1-6H,(H,17,21). The van der Waals surface area contributed by atoms with Gasteiger partial charge >= 0.3 is 0 Å². The number of hydrogen-bond donors (Lipinski definition) is 1. The third-order valence-corrected chi connectivity index (χ3v) is 4.02. The fourth-order valence-electron chi connectivity index (χ4n) is 1.80. The third kappa shape index (κ3) is 2.96. The molecule has 1 N–H and O–H groups in total. The number of halogens is 3. The molecule has 2 aromatic carbocycles. The maximum Gasteiger partial charge on any atom is 0.200 e. The number of hydrogen-bond acceptors (Lipinski definition) is 3. The van der Waals surface area contributed by atoms with E-state index in [1.807, 2.05) is 0 Å². The van der Waals surface area contributed by atoms with Gasteiger partial charge in [0.2, 0.25) is 5.11 Å². The van der Waals surface area contributed by atoms with Gasteiger partial charge in [-0.05, 0) is 48.6 Å². The van der Waals surface area contributed by atoms with Crippen LogP contribution in [0.15, 0.2) is 36.4 Å². The molecule has 0 bridgehead atoms. The van der Waals surface area contributed by atoms with Crippen LogP contribution in [-0.2, 0) is 0 Å². The Kier molecular flexibility index (Phi) is 3.99. The zero-order valence-electron chi connectivity index (χ0n) is 10.3. The summed E-state index contributed by atoms with van der Waals surface area (Å²) in [7, 11) is 0. The average Bonchev–Trinajstić information content (AvgIpc) is 2.85. The SMILES string of the molecule is S=C(Nc1ccc(Cl)c(Cl)c1)n1nnc2cc(Cl)ccc21. The monoisotopic (exact) mass is 356 g/mol. The Morgan fingerprint density at radius 3 is 2.62 bits per heavy atom. The van der Waals surface area contributed by atoms with Crippen molar-refractivity contribution < 1.29 is 0 Å². The van der Waals surface area contributed by atoms with E-state index in [0.29, 0.717) is 31.4 Å². The van der Waals surface area contributed by atoms with E-state index in [2.05, 4.69) is 15.6 Å². The summed E-state index contributed by atoms with van der Waals surface area (Å²) in [5, 5.41) is 13.0. The van der Waals surface area contributed by atoms with Crippen LogP contribution in [0.25, 0.3) is 11.0 Å². The molecule has 3 rings (SSSR count). The Morgan fingerprint density at radius 2 is 1.86 bits per heavy atom. The highest BCUT2D eigenvalue weighted by Gasteiger charge is 2.10. The van der Waals surface area contributed by atoms with E-state index >= 15 is 0 Å².